The zero-order valence-corrected chi connectivity index (χ0v) is 20.5. The molecule has 1 saturated heterocycles. The fourth-order valence-corrected chi connectivity index (χ4v) is 5.23. The number of nitrogens with zero attached hydrogens (tertiary/aromatic N) is 3. The Balaban J connectivity index is 1.16. The molecule has 9 heteroatoms. The maximum absolute atomic E-state index is 12.7. The highest BCUT2D eigenvalue weighted by Crippen LogP contribution is 2.41. The molecule has 0 atom stereocenters. The van der Waals surface area contributed by atoms with Crippen LogP contribution in [0.2, 0.25) is 0 Å². The first-order valence-electron chi connectivity index (χ1n) is 13.0. The van der Waals surface area contributed by atoms with Crippen LogP contribution in [-0.4, -0.2) is 59.6 Å². The largest absolute Gasteiger partial charge is 0.450 e. The van der Waals surface area contributed by atoms with Gasteiger partial charge in [-0.15, -0.1) is 0 Å². The Morgan fingerprint density at radius 3 is 2.77 bits per heavy atom. The summed E-state index contributed by atoms with van der Waals surface area (Å²) in [5.41, 5.74) is 1.35. The van der Waals surface area contributed by atoms with Gasteiger partial charge in [0.2, 0.25) is 5.91 Å². The van der Waals surface area contributed by atoms with Crippen molar-refractivity contribution in [3.05, 3.63) is 40.4 Å². The Hall–Kier alpha value is -2.91. The standard InChI is InChI=1S/C26H36N6O3/c1-18-3-6-20(7-4-18)32-17-23-25(30-26(32)34)29-21-15-19(5-8-22(21)35-23)16-24(33)28-9-2-12-31-13-10-27-11-14-31/h5,8,15,17-18,20,27H,2-4,6-7,9-14,16H2,1H3,(H,28,33)(H,29,30,34). The van der Waals surface area contributed by atoms with E-state index in [9.17, 15) is 9.59 Å². The molecule has 188 valence electrons. The van der Waals surface area contributed by atoms with Crippen LogP contribution in [-0.2, 0) is 11.2 Å². The van der Waals surface area contributed by atoms with Crippen molar-refractivity contribution in [3.8, 4) is 11.5 Å². The third kappa shape index (κ3) is 5.85. The molecular formula is C26H36N6O3. The quantitative estimate of drug-likeness (QED) is 0.447. The van der Waals surface area contributed by atoms with Gasteiger partial charge in [-0.05, 0) is 62.3 Å². The van der Waals surface area contributed by atoms with E-state index in [0.29, 0.717) is 36.2 Å². The van der Waals surface area contributed by atoms with Gasteiger partial charge in [-0.25, -0.2) is 4.79 Å². The number of aromatic nitrogens is 2. The van der Waals surface area contributed by atoms with Crippen molar-refractivity contribution in [1.29, 1.82) is 0 Å². The van der Waals surface area contributed by atoms with Crippen LogP contribution in [0, 0.1) is 5.92 Å². The molecule has 1 aromatic heterocycles. The monoisotopic (exact) mass is 480 g/mol. The van der Waals surface area contributed by atoms with Crippen LogP contribution in [0.1, 0.15) is 50.6 Å². The molecule has 1 amide bonds. The number of hydrogen-bond acceptors (Lipinski definition) is 7. The maximum Gasteiger partial charge on any atom is 0.350 e. The third-order valence-electron chi connectivity index (χ3n) is 7.36. The van der Waals surface area contributed by atoms with Gasteiger partial charge in [0.1, 0.15) is 0 Å². The summed E-state index contributed by atoms with van der Waals surface area (Å²) in [5, 5.41) is 9.61. The van der Waals surface area contributed by atoms with E-state index in [4.69, 9.17) is 4.74 Å². The van der Waals surface area contributed by atoms with Gasteiger partial charge < -0.3 is 25.6 Å². The number of amides is 1. The predicted octanol–water partition coefficient (Wildman–Crippen LogP) is 2.80. The zero-order valence-electron chi connectivity index (χ0n) is 20.5. The predicted molar refractivity (Wildman–Crippen MR) is 136 cm³/mol. The lowest BCUT2D eigenvalue weighted by molar-refractivity contribution is -0.120. The number of carbonyl (C=O) groups excluding carboxylic acids is 1. The van der Waals surface area contributed by atoms with Crippen molar-refractivity contribution < 1.29 is 9.53 Å². The summed E-state index contributed by atoms with van der Waals surface area (Å²) in [6.45, 7) is 8.18. The van der Waals surface area contributed by atoms with E-state index in [0.717, 1.165) is 76.1 Å². The zero-order chi connectivity index (χ0) is 24.2. The van der Waals surface area contributed by atoms with Gasteiger partial charge in [0, 0.05) is 38.8 Å². The summed E-state index contributed by atoms with van der Waals surface area (Å²) >= 11 is 0. The summed E-state index contributed by atoms with van der Waals surface area (Å²) in [5.74, 6) is 2.38. The maximum atomic E-state index is 12.7. The Bertz CT molecular complexity index is 1100. The Labute approximate surface area is 206 Å². The second kappa shape index (κ2) is 10.8. The molecule has 3 N–H and O–H groups in total. The summed E-state index contributed by atoms with van der Waals surface area (Å²) in [6, 6.07) is 5.86. The van der Waals surface area contributed by atoms with E-state index >= 15 is 0 Å². The molecule has 2 fully saturated rings. The minimum absolute atomic E-state index is 0.00482. The normalized spacial score (nSPS) is 21.9. The van der Waals surface area contributed by atoms with Crippen LogP contribution in [0.3, 0.4) is 0 Å². The topological polar surface area (TPSA) is 101 Å². The summed E-state index contributed by atoms with van der Waals surface area (Å²) in [6.07, 6.45) is 7.28. The van der Waals surface area contributed by atoms with Gasteiger partial charge in [0.15, 0.2) is 17.3 Å². The molecule has 5 rings (SSSR count). The highest BCUT2D eigenvalue weighted by atomic mass is 16.5. The Morgan fingerprint density at radius 1 is 1.17 bits per heavy atom. The first-order chi connectivity index (χ1) is 17.0. The van der Waals surface area contributed by atoms with E-state index in [1.54, 1.807) is 10.8 Å². The number of piperazine rings is 1. The molecular weight excluding hydrogens is 444 g/mol. The second-order valence-electron chi connectivity index (χ2n) is 10.1. The molecule has 3 aliphatic rings. The number of rotatable bonds is 7. The van der Waals surface area contributed by atoms with Crippen LogP contribution < -0.4 is 26.4 Å². The van der Waals surface area contributed by atoms with E-state index in [1.807, 2.05) is 18.2 Å². The minimum Gasteiger partial charge on any atom is -0.450 e. The molecule has 1 saturated carbocycles. The van der Waals surface area contributed by atoms with Gasteiger partial charge in [0.25, 0.3) is 0 Å². The first-order valence-corrected chi connectivity index (χ1v) is 13.0. The molecule has 35 heavy (non-hydrogen) atoms. The fourth-order valence-electron chi connectivity index (χ4n) is 5.23. The molecule has 2 aromatic rings. The SMILES string of the molecule is CC1CCC(n2cc3c(nc2=O)Nc2cc(CC(=O)NCCCN4CCNCC4)ccc2O3)CC1. The highest BCUT2D eigenvalue weighted by Gasteiger charge is 2.25. The van der Waals surface area contributed by atoms with Gasteiger partial charge in [-0.3, -0.25) is 9.36 Å². The minimum atomic E-state index is -0.251. The van der Waals surface area contributed by atoms with E-state index in [2.05, 4.69) is 32.8 Å². The summed E-state index contributed by atoms with van der Waals surface area (Å²) < 4.78 is 7.82. The van der Waals surface area contributed by atoms with Gasteiger partial charge in [0.05, 0.1) is 18.3 Å². The van der Waals surface area contributed by atoms with Crippen LogP contribution in [0.5, 0.6) is 11.5 Å². The number of fused-ring (bicyclic) bond motifs is 2. The van der Waals surface area contributed by atoms with Crippen LogP contribution >= 0.6 is 0 Å². The lowest BCUT2D eigenvalue weighted by Gasteiger charge is -2.29. The fraction of sp³-hybridized carbons (Fsp3) is 0.577. The molecule has 1 aromatic carbocycles. The molecule has 2 aliphatic heterocycles. The Morgan fingerprint density at radius 2 is 1.97 bits per heavy atom. The van der Waals surface area contributed by atoms with Crippen molar-refractivity contribution in [1.82, 2.24) is 25.1 Å². The van der Waals surface area contributed by atoms with Crippen LogP contribution in [0.4, 0.5) is 11.5 Å². The highest BCUT2D eigenvalue weighted by molar-refractivity contribution is 5.80. The van der Waals surface area contributed by atoms with E-state index in [-0.39, 0.29) is 17.6 Å². The lowest BCUT2D eigenvalue weighted by Crippen LogP contribution is -2.44. The molecule has 1 aliphatic carbocycles. The van der Waals surface area contributed by atoms with Crippen molar-refractivity contribution >= 4 is 17.4 Å². The van der Waals surface area contributed by atoms with Gasteiger partial charge in [-0.2, -0.15) is 4.98 Å². The van der Waals surface area contributed by atoms with Crippen molar-refractivity contribution in [3.63, 3.8) is 0 Å². The number of nitrogens with one attached hydrogen (secondary N) is 3. The van der Waals surface area contributed by atoms with Crippen LogP contribution in [0.15, 0.2) is 29.2 Å². The Kier molecular flexibility index (Phi) is 7.34. The smallest absolute Gasteiger partial charge is 0.350 e. The molecule has 0 bridgehead atoms. The summed E-state index contributed by atoms with van der Waals surface area (Å²) in [4.78, 5) is 31.9. The lowest BCUT2D eigenvalue weighted by atomic mass is 9.87. The van der Waals surface area contributed by atoms with Crippen molar-refractivity contribution in [2.24, 2.45) is 5.92 Å². The van der Waals surface area contributed by atoms with Crippen molar-refractivity contribution in [2.75, 3.05) is 44.6 Å². The second-order valence-corrected chi connectivity index (χ2v) is 10.1. The first kappa shape index (κ1) is 23.8. The molecule has 9 nitrogen and oxygen atoms in total. The molecule has 0 spiro atoms. The van der Waals surface area contributed by atoms with E-state index < -0.39 is 0 Å². The summed E-state index contributed by atoms with van der Waals surface area (Å²) in [7, 11) is 0. The average molecular weight is 481 g/mol. The van der Waals surface area contributed by atoms with Gasteiger partial charge >= 0.3 is 5.69 Å². The molecule has 3 heterocycles. The van der Waals surface area contributed by atoms with Crippen LogP contribution in [0.25, 0.3) is 0 Å². The number of benzene rings is 1. The van der Waals surface area contributed by atoms with Gasteiger partial charge in [-0.1, -0.05) is 13.0 Å². The molecule has 0 radical (unpaired) electrons. The number of ether oxygens (including phenoxy) is 1. The number of anilines is 2. The van der Waals surface area contributed by atoms with Crippen molar-refractivity contribution in [2.45, 2.75) is 51.5 Å². The number of hydrogen-bond donors (Lipinski definition) is 3. The molecule has 0 unspecified atom stereocenters. The number of carbonyl (C=O) groups is 1. The average Bonchev–Trinajstić information content (AvgIpc) is 2.86. The van der Waals surface area contributed by atoms with E-state index in [1.165, 1.54) is 0 Å². The third-order valence-corrected chi connectivity index (χ3v) is 7.36.